The van der Waals surface area contributed by atoms with Crippen molar-refractivity contribution in [3.05, 3.63) is 33.7 Å². The number of carboxylic acids is 1. The summed E-state index contributed by atoms with van der Waals surface area (Å²) < 4.78 is 0. The number of aliphatic carboxylic acids is 1. The number of carboxylic acid groups (broad SMARTS) is 1. The van der Waals surface area contributed by atoms with Gasteiger partial charge in [0.25, 0.3) is 11.1 Å². The zero-order valence-electron chi connectivity index (χ0n) is 9.87. The Morgan fingerprint density at radius 3 is 2.70 bits per heavy atom. The summed E-state index contributed by atoms with van der Waals surface area (Å²) >= 11 is 6.39. The molecule has 6 nitrogen and oxygen atoms in total. The van der Waals surface area contributed by atoms with Gasteiger partial charge in [0.05, 0.1) is 9.93 Å². The van der Waals surface area contributed by atoms with Crippen LogP contribution < -0.4 is 0 Å². The first-order valence-electron chi connectivity index (χ1n) is 5.34. The number of amides is 2. The topological polar surface area (TPSA) is 94.9 Å². The normalized spacial score (nSPS) is 17.1. The summed E-state index contributed by atoms with van der Waals surface area (Å²) in [5.74, 6) is -2.02. The first kappa shape index (κ1) is 14.4. The van der Waals surface area contributed by atoms with Gasteiger partial charge < -0.3 is 10.2 Å². The molecule has 20 heavy (non-hydrogen) atoms. The number of carbonyl (C=O) groups is 3. The predicted molar refractivity (Wildman–Crippen MR) is 73.4 cm³/mol. The van der Waals surface area contributed by atoms with Crippen molar-refractivity contribution in [3.63, 3.8) is 0 Å². The Balaban J connectivity index is 2.27. The molecule has 0 unspecified atom stereocenters. The summed E-state index contributed by atoms with van der Waals surface area (Å²) in [7, 11) is 0. The molecule has 0 aromatic heterocycles. The predicted octanol–water partition coefficient (Wildman–Crippen LogP) is 2.17. The quantitative estimate of drug-likeness (QED) is 0.830. The highest BCUT2D eigenvalue weighted by atomic mass is 35.5. The molecule has 1 aromatic rings. The van der Waals surface area contributed by atoms with Crippen LogP contribution in [0.1, 0.15) is 5.56 Å². The van der Waals surface area contributed by atoms with E-state index in [4.69, 9.17) is 16.7 Å². The van der Waals surface area contributed by atoms with E-state index in [2.05, 4.69) is 0 Å². The number of phenols is 1. The smallest absolute Gasteiger partial charge is 0.323 e. The lowest BCUT2D eigenvalue weighted by Crippen LogP contribution is -2.33. The van der Waals surface area contributed by atoms with Crippen LogP contribution in [0.15, 0.2) is 23.1 Å². The highest BCUT2D eigenvalue weighted by Gasteiger charge is 2.36. The Morgan fingerprint density at radius 2 is 2.10 bits per heavy atom. The van der Waals surface area contributed by atoms with Gasteiger partial charge in [0.1, 0.15) is 12.3 Å². The molecule has 1 aliphatic heterocycles. The summed E-state index contributed by atoms with van der Waals surface area (Å²) in [6.45, 7) is -0.668. The van der Waals surface area contributed by atoms with Gasteiger partial charge in [-0.15, -0.1) is 0 Å². The number of hydrogen-bond acceptors (Lipinski definition) is 5. The van der Waals surface area contributed by atoms with Crippen LogP contribution in [-0.2, 0) is 9.59 Å². The van der Waals surface area contributed by atoms with Crippen molar-refractivity contribution in [2.75, 3.05) is 6.54 Å². The summed E-state index contributed by atoms with van der Waals surface area (Å²) in [4.78, 5) is 34.8. The lowest BCUT2D eigenvalue weighted by molar-refractivity contribution is -0.140. The summed E-state index contributed by atoms with van der Waals surface area (Å²) in [6.07, 6.45) is 1.41. The van der Waals surface area contributed by atoms with E-state index in [1.807, 2.05) is 0 Å². The maximum atomic E-state index is 11.9. The number of nitrogens with zero attached hydrogens (tertiary/aromatic N) is 1. The highest BCUT2D eigenvalue weighted by molar-refractivity contribution is 8.18. The van der Waals surface area contributed by atoms with Crippen molar-refractivity contribution in [1.29, 1.82) is 0 Å². The Kier molecular flexibility index (Phi) is 4.01. The number of imide groups is 1. The van der Waals surface area contributed by atoms with Crippen molar-refractivity contribution in [2.24, 2.45) is 0 Å². The zero-order chi connectivity index (χ0) is 14.9. The van der Waals surface area contributed by atoms with Crippen LogP contribution >= 0.6 is 23.4 Å². The molecule has 0 atom stereocenters. The Hall–Kier alpha value is -1.99. The van der Waals surface area contributed by atoms with Gasteiger partial charge in [-0.2, -0.15) is 0 Å². The fourth-order valence-corrected chi connectivity index (χ4v) is 2.56. The Bertz CT molecular complexity index is 643. The molecule has 104 valence electrons. The van der Waals surface area contributed by atoms with Crippen LogP contribution in [0.5, 0.6) is 5.75 Å². The largest absolute Gasteiger partial charge is 0.506 e. The van der Waals surface area contributed by atoms with Crippen LogP contribution in [-0.4, -0.2) is 38.8 Å². The standard InChI is InChI=1S/C12H8ClNO5S/c13-7-3-6(1-2-8(7)15)4-9-11(18)14(5-10(16)17)12(19)20-9/h1-4,15H,5H2,(H,16,17). The van der Waals surface area contributed by atoms with Gasteiger partial charge in [-0.1, -0.05) is 17.7 Å². The molecule has 0 aliphatic carbocycles. The molecule has 2 N–H and O–H groups in total. The highest BCUT2D eigenvalue weighted by Crippen LogP contribution is 2.33. The molecule has 0 bridgehead atoms. The molecule has 0 spiro atoms. The zero-order valence-corrected chi connectivity index (χ0v) is 11.4. The molecule has 2 amide bonds. The summed E-state index contributed by atoms with van der Waals surface area (Å²) in [5.41, 5.74) is 0.522. The number of thioether (sulfide) groups is 1. The maximum absolute atomic E-state index is 11.9. The van der Waals surface area contributed by atoms with Crippen LogP contribution in [0.3, 0.4) is 0 Å². The summed E-state index contributed by atoms with van der Waals surface area (Å²) in [5, 5.41) is 17.4. The molecule has 1 aliphatic rings. The Morgan fingerprint density at radius 1 is 1.40 bits per heavy atom. The number of benzene rings is 1. The van der Waals surface area contributed by atoms with Gasteiger partial charge >= 0.3 is 5.97 Å². The van der Waals surface area contributed by atoms with Crippen molar-refractivity contribution in [2.45, 2.75) is 0 Å². The van der Waals surface area contributed by atoms with E-state index in [-0.39, 0.29) is 15.7 Å². The minimum atomic E-state index is -1.26. The van der Waals surface area contributed by atoms with Crippen molar-refractivity contribution in [1.82, 2.24) is 4.90 Å². The average molecular weight is 314 g/mol. The third kappa shape index (κ3) is 2.94. The van der Waals surface area contributed by atoms with Crippen LogP contribution in [0.4, 0.5) is 4.79 Å². The van der Waals surface area contributed by atoms with Crippen LogP contribution in [0.2, 0.25) is 5.02 Å². The molecule has 2 rings (SSSR count). The number of hydrogen-bond donors (Lipinski definition) is 2. The molecular formula is C12H8ClNO5S. The van der Waals surface area contributed by atoms with E-state index < -0.39 is 23.7 Å². The van der Waals surface area contributed by atoms with Gasteiger partial charge in [0.15, 0.2) is 0 Å². The van der Waals surface area contributed by atoms with Gasteiger partial charge in [-0.25, -0.2) is 0 Å². The summed E-state index contributed by atoms with van der Waals surface area (Å²) in [6, 6.07) is 4.31. The molecule has 0 radical (unpaired) electrons. The SMILES string of the molecule is O=C(O)CN1C(=O)SC(=Cc2ccc(O)c(Cl)c2)C1=O. The molecule has 1 fully saturated rings. The number of carbonyl (C=O) groups excluding carboxylic acids is 2. The second kappa shape index (κ2) is 5.56. The van der Waals surface area contributed by atoms with E-state index >= 15 is 0 Å². The van der Waals surface area contributed by atoms with Crippen molar-refractivity contribution in [3.8, 4) is 5.75 Å². The van der Waals surface area contributed by atoms with E-state index in [1.54, 1.807) is 0 Å². The average Bonchev–Trinajstić information content (AvgIpc) is 2.61. The molecule has 1 heterocycles. The van der Waals surface area contributed by atoms with Crippen molar-refractivity contribution >= 4 is 46.6 Å². The minimum absolute atomic E-state index is 0.0946. The number of aromatic hydroxyl groups is 1. The number of halogens is 1. The van der Waals surface area contributed by atoms with E-state index in [1.165, 1.54) is 24.3 Å². The van der Waals surface area contributed by atoms with Gasteiger partial charge in [0.2, 0.25) is 0 Å². The van der Waals surface area contributed by atoms with E-state index in [0.717, 1.165) is 0 Å². The fraction of sp³-hybridized carbons (Fsp3) is 0.0833. The van der Waals surface area contributed by atoms with Crippen LogP contribution in [0.25, 0.3) is 6.08 Å². The van der Waals surface area contributed by atoms with Crippen LogP contribution in [0, 0.1) is 0 Å². The second-order valence-corrected chi connectivity index (χ2v) is 5.27. The number of phenolic OH excluding ortho intramolecular Hbond substituents is 1. The number of rotatable bonds is 3. The third-order valence-electron chi connectivity index (χ3n) is 2.44. The minimum Gasteiger partial charge on any atom is -0.506 e. The van der Waals surface area contributed by atoms with E-state index in [0.29, 0.717) is 22.2 Å². The molecule has 1 saturated heterocycles. The third-order valence-corrected chi connectivity index (χ3v) is 3.65. The van der Waals surface area contributed by atoms with E-state index in [9.17, 15) is 19.5 Å². The molecular weight excluding hydrogens is 306 g/mol. The maximum Gasteiger partial charge on any atom is 0.323 e. The lowest BCUT2D eigenvalue weighted by atomic mass is 10.2. The van der Waals surface area contributed by atoms with Gasteiger partial charge in [-0.3, -0.25) is 19.3 Å². The van der Waals surface area contributed by atoms with Crippen molar-refractivity contribution < 1.29 is 24.6 Å². The fourth-order valence-electron chi connectivity index (χ4n) is 1.54. The molecule has 1 aromatic carbocycles. The second-order valence-electron chi connectivity index (χ2n) is 3.87. The first-order valence-corrected chi connectivity index (χ1v) is 6.53. The molecule has 0 saturated carbocycles. The Labute approximate surface area is 122 Å². The first-order chi connectivity index (χ1) is 9.38. The lowest BCUT2D eigenvalue weighted by Gasteiger charge is -2.07. The molecule has 8 heteroatoms. The van der Waals surface area contributed by atoms with Gasteiger partial charge in [0, 0.05) is 0 Å². The monoisotopic (exact) mass is 313 g/mol. The van der Waals surface area contributed by atoms with Gasteiger partial charge in [-0.05, 0) is 35.5 Å².